The van der Waals surface area contributed by atoms with E-state index >= 15 is 0 Å². The first-order valence-corrected chi connectivity index (χ1v) is 21.3. The van der Waals surface area contributed by atoms with E-state index in [-0.39, 0.29) is 32.5 Å². The molecule has 4 aromatic rings. The largest absolute Gasteiger partial charge is 0.497 e. The molecule has 1 fully saturated rings. The second-order valence-electron chi connectivity index (χ2n) is 16.3. The van der Waals surface area contributed by atoms with Gasteiger partial charge in [0, 0.05) is 19.4 Å². The molecule has 0 radical (unpaired) electrons. The van der Waals surface area contributed by atoms with E-state index in [1.807, 2.05) is 60.7 Å². The van der Waals surface area contributed by atoms with E-state index in [1.54, 1.807) is 75.4 Å². The number of carbonyl (C=O) groups is 6. The molecule has 0 bridgehead atoms. The minimum Gasteiger partial charge on any atom is -0.497 e. The van der Waals surface area contributed by atoms with Gasteiger partial charge in [-0.05, 0) is 93.8 Å². The number of alkyl carbamates (subject to hydrolysis) is 1. The van der Waals surface area contributed by atoms with Crippen LogP contribution in [-0.2, 0) is 52.8 Å². The summed E-state index contributed by atoms with van der Waals surface area (Å²) in [4.78, 5) is 83.6. The first-order chi connectivity index (χ1) is 30.3. The maximum Gasteiger partial charge on any atom is 0.408 e. The third-order valence-corrected chi connectivity index (χ3v) is 10.3. The summed E-state index contributed by atoms with van der Waals surface area (Å²) in [6, 6.07) is 29.7. The highest BCUT2D eigenvalue weighted by Crippen LogP contribution is 2.22. The Morgan fingerprint density at radius 2 is 1.24 bits per heavy atom. The van der Waals surface area contributed by atoms with E-state index in [9.17, 15) is 28.8 Å². The van der Waals surface area contributed by atoms with Gasteiger partial charge in [-0.1, -0.05) is 91.0 Å². The highest BCUT2D eigenvalue weighted by Gasteiger charge is 2.39. The van der Waals surface area contributed by atoms with Crippen molar-refractivity contribution in [3.8, 4) is 5.75 Å². The van der Waals surface area contributed by atoms with Crippen LogP contribution in [0.1, 0.15) is 79.9 Å². The van der Waals surface area contributed by atoms with Crippen LogP contribution >= 0.6 is 0 Å². The predicted molar refractivity (Wildman–Crippen MR) is 235 cm³/mol. The van der Waals surface area contributed by atoms with Crippen LogP contribution in [0.4, 0.5) is 4.79 Å². The Bertz CT molecular complexity index is 2110. The van der Waals surface area contributed by atoms with Crippen LogP contribution in [0.3, 0.4) is 0 Å². The normalized spacial score (nSPS) is 14.9. The van der Waals surface area contributed by atoms with Crippen molar-refractivity contribution in [2.24, 2.45) is 0 Å². The lowest BCUT2D eigenvalue weighted by Gasteiger charge is -2.30. The molecule has 1 heterocycles. The molecule has 1 aliphatic heterocycles. The maximum atomic E-state index is 14.5. The van der Waals surface area contributed by atoms with Gasteiger partial charge in [-0.3, -0.25) is 14.4 Å². The lowest BCUT2D eigenvalue weighted by molar-refractivity contribution is -0.155. The molecule has 334 valence electrons. The molecule has 0 saturated carbocycles. The van der Waals surface area contributed by atoms with E-state index < -0.39 is 65.5 Å². The number of hydrogen-bond donors (Lipinski definition) is 3. The molecule has 14 heteroatoms. The number of carbonyl (C=O) groups excluding carboxylic acids is 6. The summed E-state index contributed by atoms with van der Waals surface area (Å²) < 4.78 is 21.9. The number of rotatable bonds is 20. The Morgan fingerprint density at radius 1 is 0.667 bits per heavy atom. The number of likely N-dealkylation sites (tertiary alicyclic amines) is 1. The Kier molecular flexibility index (Phi) is 17.7. The summed E-state index contributed by atoms with van der Waals surface area (Å²) in [5.41, 5.74) is 1.82. The zero-order valence-corrected chi connectivity index (χ0v) is 36.4. The highest BCUT2D eigenvalue weighted by molar-refractivity contribution is 5.95. The molecule has 0 aromatic heterocycles. The maximum absolute atomic E-state index is 14.5. The summed E-state index contributed by atoms with van der Waals surface area (Å²) in [5, 5.41) is 8.42. The number of benzene rings is 4. The van der Waals surface area contributed by atoms with E-state index in [1.165, 1.54) is 12.0 Å². The second-order valence-corrected chi connectivity index (χ2v) is 16.3. The quantitative estimate of drug-likeness (QED) is 0.0534. The van der Waals surface area contributed by atoms with E-state index in [0.29, 0.717) is 49.1 Å². The molecule has 14 nitrogen and oxygen atoms in total. The van der Waals surface area contributed by atoms with Gasteiger partial charge in [0.2, 0.25) is 17.7 Å². The van der Waals surface area contributed by atoms with Gasteiger partial charge in [0.25, 0.3) is 0 Å². The first kappa shape index (κ1) is 47.4. The molecular weight excluding hydrogens is 805 g/mol. The number of unbranched alkanes of at least 4 members (excludes halogenated alkanes) is 1. The topological polar surface area (TPSA) is 179 Å². The van der Waals surface area contributed by atoms with Crippen LogP contribution in [0.25, 0.3) is 0 Å². The summed E-state index contributed by atoms with van der Waals surface area (Å²) >= 11 is 0. The zero-order valence-electron chi connectivity index (χ0n) is 36.4. The molecule has 0 unspecified atom stereocenters. The Morgan fingerprint density at radius 3 is 1.87 bits per heavy atom. The average Bonchev–Trinajstić information content (AvgIpc) is 3.78. The van der Waals surface area contributed by atoms with Crippen molar-refractivity contribution < 1.29 is 47.7 Å². The van der Waals surface area contributed by atoms with Crippen molar-refractivity contribution in [1.82, 2.24) is 20.9 Å². The first-order valence-electron chi connectivity index (χ1n) is 21.3. The number of esters is 2. The fourth-order valence-electron chi connectivity index (χ4n) is 7.09. The summed E-state index contributed by atoms with van der Waals surface area (Å²) in [6.07, 6.45) is 1.14. The number of nitrogens with one attached hydrogen (secondary N) is 3. The summed E-state index contributed by atoms with van der Waals surface area (Å²) in [7, 11) is 1.54. The number of hydrogen-bond acceptors (Lipinski definition) is 10. The third-order valence-electron chi connectivity index (χ3n) is 10.3. The molecule has 4 amide bonds. The molecule has 63 heavy (non-hydrogen) atoms. The number of nitrogens with zero attached hydrogens (tertiary/aromatic N) is 1. The van der Waals surface area contributed by atoms with Gasteiger partial charge < -0.3 is 39.8 Å². The van der Waals surface area contributed by atoms with Crippen molar-refractivity contribution in [1.29, 1.82) is 0 Å². The van der Waals surface area contributed by atoms with Crippen molar-refractivity contribution in [3.63, 3.8) is 0 Å². The van der Waals surface area contributed by atoms with Gasteiger partial charge >= 0.3 is 18.0 Å². The van der Waals surface area contributed by atoms with Crippen LogP contribution in [0, 0.1) is 0 Å². The van der Waals surface area contributed by atoms with Crippen molar-refractivity contribution in [2.75, 3.05) is 20.3 Å². The number of amides is 4. The molecular formula is C49H58N4O10. The van der Waals surface area contributed by atoms with E-state index in [0.717, 1.165) is 11.1 Å². The van der Waals surface area contributed by atoms with E-state index in [4.69, 9.17) is 18.9 Å². The Balaban J connectivity index is 1.35. The Hall–Kier alpha value is -6.70. The molecule has 0 aliphatic carbocycles. The van der Waals surface area contributed by atoms with Crippen LogP contribution in [0.2, 0.25) is 0 Å². The van der Waals surface area contributed by atoms with Gasteiger partial charge in [0.15, 0.2) is 0 Å². The van der Waals surface area contributed by atoms with Gasteiger partial charge in [-0.25, -0.2) is 14.4 Å². The predicted octanol–water partition coefficient (Wildman–Crippen LogP) is 6.11. The standard InChI is InChI=1S/C49H58N4O10/c1-49(2,3)63-48(59)52-39(23-14-15-30-61-46(57)37-21-12-7-13-22-37)43(54)50-40(31-35-25-27-38(60-4)28-26-35)44(55)51-41(32-34-17-8-5-9-18-34)45(56)53-29-16-24-42(53)47(58)62-33-36-19-10-6-11-20-36/h5-13,17-22,25-28,39-42H,14-16,23-24,29-33H2,1-4H3,(H,50,54)(H,51,55)(H,52,59)/t39-,40+,41-,42+/m0/s1. The van der Waals surface area contributed by atoms with Crippen molar-refractivity contribution in [2.45, 2.75) is 102 Å². The van der Waals surface area contributed by atoms with E-state index in [2.05, 4.69) is 16.0 Å². The van der Waals surface area contributed by atoms with Crippen LogP contribution in [0.5, 0.6) is 5.75 Å². The van der Waals surface area contributed by atoms with Crippen molar-refractivity contribution >= 4 is 35.8 Å². The van der Waals surface area contributed by atoms with Crippen LogP contribution < -0.4 is 20.7 Å². The third kappa shape index (κ3) is 15.3. The molecule has 4 aromatic carbocycles. The molecule has 5 rings (SSSR count). The van der Waals surface area contributed by atoms with Gasteiger partial charge in [0.1, 0.15) is 42.1 Å². The number of ether oxygens (including phenoxy) is 4. The molecule has 4 atom stereocenters. The van der Waals surface area contributed by atoms with Crippen LogP contribution in [0.15, 0.2) is 115 Å². The molecule has 1 aliphatic rings. The number of methoxy groups -OCH3 is 1. The highest BCUT2D eigenvalue weighted by atomic mass is 16.6. The SMILES string of the molecule is COc1ccc(C[C@@H](NC(=O)[C@H](CCCCOC(=O)c2ccccc2)NC(=O)OC(C)(C)C)C(=O)N[C@@H](Cc2ccccc2)C(=O)N2CCC[C@@H]2C(=O)OCc2ccccc2)cc1. The van der Waals surface area contributed by atoms with Gasteiger partial charge in [0.05, 0.1) is 19.3 Å². The van der Waals surface area contributed by atoms with Crippen molar-refractivity contribution in [3.05, 3.63) is 138 Å². The minimum atomic E-state index is -1.23. The molecule has 3 N–H and O–H groups in total. The molecule has 1 saturated heterocycles. The summed E-state index contributed by atoms with van der Waals surface area (Å²) in [6.45, 7) is 5.52. The van der Waals surface area contributed by atoms with Gasteiger partial charge in [-0.2, -0.15) is 0 Å². The monoisotopic (exact) mass is 862 g/mol. The fraction of sp³-hybridized carbons (Fsp3) is 0.388. The van der Waals surface area contributed by atoms with Crippen LogP contribution in [-0.4, -0.2) is 90.7 Å². The average molecular weight is 863 g/mol. The second kappa shape index (κ2) is 23.5. The van der Waals surface area contributed by atoms with Gasteiger partial charge in [-0.15, -0.1) is 0 Å². The lowest BCUT2D eigenvalue weighted by Crippen LogP contribution is -2.59. The smallest absolute Gasteiger partial charge is 0.408 e. The lowest BCUT2D eigenvalue weighted by atomic mass is 10.0. The molecule has 0 spiro atoms. The summed E-state index contributed by atoms with van der Waals surface area (Å²) in [5.74, 6) is -2.19. The Labute approximate surface area is 369 Å². The fourth-order valence-corrected chi connectivity index (χ4v) is 7.09. The minimum absolute atomic E-state index is 0.0144. The zero-order chi connectivity index (χ0) is 45.2.